The molecule has 1 fully saturated rings. The average molecular weight is 246 g/mol. The van der Waals surface area contributed by atoms with Crippen molar-refractivity contribution < 1.29 is 0 Å². The highest BCUT2D eigenvalue weighted by molar-refractivity contribution is 5.48. The van der Waals surface area contributed by atoms with E-state index in [-0.39, 0.29) is 0 Å². The summed E-state index contributed by atoms with van der Waals surface area (Å²) in [6.07, 6.45) is 5.00. The van der Waals surface area contributed by atoms with Crippen LogP contribution in [0.2, 0.25) is 0 Å². The fraction of sp³-hybridized carbons (Fsp3) is 0.625. The first-order valence-electron chi connectivity index (χ1n) is 7.40. The van der Waals surface area contributed by atoms with Crippen LogP contribution in [0.25, 0.3) is 0 Å². The Morgan fingerprint density at radius 1 is 1.22 bits per heavy atom. The molecule has 1 atom stereocenters. The van der Waals surface area contributed by atoms with Crippen molar-refractivity contribution >= 4 is 5.69 Å². The second-order valence-corrected chi connectivity index (χ2v) is 5.28. The van der Waals surface area contributed by atoms with Gasteiger partial charge in [-0.2, -0.15) is 0 Å². The van der Waals surface area contributed by atoms with Crippen LogP contribution >= 0.6 is 0 Å². The molecule has 0 amide bonds. The van der Waals surface area contributed by atoms with Crippen LogP contribution in [0.5, 0.6) is 0 Å². The third-order valence-electron chi connectivity index (χ3n) is 3.87. The molecule has 0 bridgehead atoms. The largest absolute Gasteiger partial charge is 0.369 e. The third-order valence-corrected chi connectivity index (χ3v) is 3.87. The van der Waals surface area contributed by atoms with Crippen LogP contribution in [0.3, 0.4) is 0 Å². The molecule has 0 spiro atoms. The monoisotopic (exact) mass is 246 g/mol. The predicted octanol–water partition coefficient (Wildman–Crippen LogP) is 3.22. The Morgan fingerprint density at radius 2 is 2.00 bits per heavy atom. The van der Waals surface area contributed by atoms with Gasteiger partial charge in [0.15, 0.2) is 0 Å². The van der Waals surface area contributed by atoms with E-state index in [1.54, 1.807) is 0 Å². The number of aryl methyl sites for hydroxylation is 1. The minimum Gasteiger partial charge on any atom is -0.369 e. The van der Waals surface area contributed by atoms with Gasteiger partial charge in [-0.3, -0.25) is 0 Å². The first-order valence-corrected chi connectivity index (χ1v) is 7.40. The van der Waals surface area contributed by atoms with Crippen molar-refractivity contribution in [2.45, 2.75) is 45.6 Å². The summed E-state index contributed by atoms with van der Waals surface area (Å²) in [4.78, 5) is 2.51. The molecule has 2 nitrogen and oxygen atoms in total. The molecule has 1 unspecified atom stereocenters. The molecular formula is C16H26N2. The van der Waals surface area contributed by atoms with E-state index in [9.17, 15) is 0 Å². The molecule has 0 aliphatic carbocycles. The minimum atomic E-state index is 0.651. The topological polar surface area (TPSA) is 15.3 Å². The average Bonchev–Trinajstić information content (AvgIpc) is 2.46. The second kappa shape index (κ2) is 6.79. The van der Waals surface area contributed by atoms with Gasteiger partial charge in [0, 0.05) is 31.4 Å². The van der Waals surface area contributed by atoms with E-state index in [4.69, 9.17) is 0 Å². The summed E-state index contributed by atoms with van der Waals surface area (Å²) >= 11 is 0. The van der Waals surface area contributed by atoms with E-state index in [1.165, 1.54) is 36.9 Å². The van der Waals surface area contributed by atoms with E-state index < -0.39 is 0 Å². The number of nitrogens with zero attached hydrogens (tertiary/aromatic N) is 1. The molecule has 0 radical (unpaired) electrons. The normalized spacial score (nSPS) is 20.1. The predicted molar refractivity (Wildman–Crippen MR) is 79.3 cm³/mol. The van der Waals surface area contributed by atoms with Crippen molar-refractivity contribution in [2.75, 3.05) is 24.5 Å². The zero-order valence-electron chi connectivity index (χ0n) is 11.8. The van der Waals surface area contributed by atoms with Gasteiger partial charge in [-0.15, -0.1) is 0 Å². The van der Waals surface area contributed by atoms with Crippen molar-refractivity contribution in [2.24, 2.45) is 0 Å². The summed E-state index contributed by atoms with van der Waals surface area (Å²) in [6, 6.07) is 9.84. The molecule has 100 valence electrons. The molecule has 0 saturated carbocycles. The third kappa shape index (κ3) is 3.49. The van der Waals surface area contributed by atoms with Crippen LogP contribution in [0.1, 0.15) is 38.7 Å². The van der Waals surface area contributed by atoms with Crippen molar-refractivity contribution in [3.8, 4) is 0 Å². The Bertz CT molecular complexity index is 345. The van der Waals surface area contributed by atoms with E-state index in [0.717, 1.165) is 19.6 Å². The molecule has 0 aromatic heterocycles. The van der Waals surface area contributed by atoms with Crippen LogP contribution < -0.4 is 10.2 Å². The minimum absolute atomic E-state index is 0.651. The van der Waals surface area contributed by atoms with Crippen LogP contribution in [-0.4, -0.2) is 25.7 Å². The number of rotatable bonds is 5. The number of anilines is 1. The summed E-state index contributed by atoms with van der Waals surface area (Å²) in [6.45, 7) is 7.89. The number of hydrogen-bond donors (Lipinski definition) is 1. The molecule has 1 heterocycles. The Balaban J connectivity index is 1.96. The highest BCUT2D eigenvalue weighted by Gasteiger charge is 2.17. The highest BCUT2D eigenvalue weighted by atomic mass is 15.2. The molecule has 1 aromatic carbocycles. The fourth-order valence-electron chi connectivity index (χ4n) is 2.59. The lowest BCUT2D eigenvalue weighted by molar-refractivity contribution is 0.447. The van der Waals surface area contributed by atoms with Gasteiger partial charge in [0.25, 0.3) is 0 Å². The standard InChI is InChI=1S/C16H26N2/c1-3-5-6-14-7-9-16(10-8-14)18-12-11-17-15(4-2)13-18/h7-10,15,17H,3-6,11-13H2,1-2H3. The maximum atomic E-state index is 3.57. The van der Waals surface area contributed by atoms with E-state index >= 15 is 0 Å². The maximum Gasteiger partial charge on any atom is 0.0367 e. The van der Waals surface area contributed by atoms with Crippen molar-refractivity contribution in [1.29, 1.82) is 0 Å². The first-order chi connectivity index (χ1) is 8.83. The van der Waals surface area contributed by atoms with Crippen LogP contribution in [0, 0.1) is 0 Å². The molecule has 1 aliphatic rings. The molecule has 1 aliphatic heterocycles. The number of nitrogens with one attached hydrogen (secondary N) is 1. The van der Waals surface area contributed by atoms with Crippen LogP contribution in [-0.2, 0) is 6.42 Å². The number of unbranched alkanes of at least 4 members (excludes halogenated alkanes) is 1. The molecule has 2 rings (SSSR count). The molecular weight excluding hydrogens is 220 g/mol. The van der Waals surface area contributed by atoms with E-state index in [0.29, 0.717) is 6.04 Å². The van der Waals surface area contributed by atoms with Gasteiger partial charge in [0.05, 0.1) is 0 Å². The number of hydrogen-bond acceptors (Lipinski definition) is 2. The lowest BCUT2D eigenvalue weighted by atomic mass is 10.1. The lowest BCUT2D eigenvalue weighted by Gasteiger charge is -2.35. The first kappa shape index (κ1) is 13.4. The molecule has 1 saturated heterocycles. The zero-order chi connectivity index (χ0) is 12.8. The Labute approximate surface area is 111 Å². The van der Waals surface area contributed by atoms with Crippen LogP contribution in [0.15, 0.2) is 24.3 Å². The van der Waals surface area contributed by atoms with Gasteiger partial charge in [-0.1, -0.05) is 32.4 Å². The van der Waals surface area contributed by atoms with Gasteiger partial charge < -0.3 is 10.2 Å². The fourth-order valence-corrected chi connectivity index (χ4v) is 2.59. The summed E-state index contributed by atoms with van der Waals surface area (Å²) in [5.74, 6) is 0. The summed E-state index contributed by atoms with van der Waals surface area (Å²) in [5, 5.41) is 3.57. The second-order valence-electron chi connectivity index (χ2n) is 5.28. The molecule has 2 heteroatoms. The lowest BCUT2D eigenvalue weighted by Crippen LogP contribution is -2.50. The van der Waals surface area contributed by atoms with Gasteiger partial charge in [0.2, 0.25) is 0 Å². The zero-order valence-corrected chi connectivity index (χ0v) is 11.8. The van der Waals surface area contributed by atoms with E-state index in [1.807, 2.05) is 0 Å². The highest BCUT2D eigenvalue weighted by Crippen LogP contribution is 2.18. The van der Waals surface area contributed by atoms with Gasteiger partial charge in [-0.05, 0) is 37.0 Å². The van der Waals surface area contributed by atoms with Crippen molar-refractivity contribution in [3.63, 3.8) is 0 Å². The number of benzene rings is 1. The smallest absolute Gasteiger partial charge is 0.0367 e. The quantitative estimate of drug-likeness (QED) is 0.858. The number of piperazine rings is 1. The maximum absolute atomic E-state index is 3.57. The molecule has 18 heavy (non-hydrogen) atoms. The van der Waals surface area contributed by atoms with Crippen molar-refractivity contribution in [1.82, 2.24) is 5.32 Å². The summed E-state index contributed by atoms with van der Waals surface area (Å²) in [5.41, 5.74) is 2.86. The van der Waals surface area contributed by atoms with E-state index in [2.05, 4.69) is 48.3 Å². The molecule has 1 aromatic rings. The molecule has 1 N–H and O–H groups in total. The van der Waals surface area contributed by atoms with Gasteiger partial charge in [0.1, 0.15) is 0 Å². The Hall–Kier alpha value is -1.02. The Morgan fingerprint density at radius 3 is 2.67 bits per heavy atom. The van der Waals surface area contributed by atoms with Crippen molar-refractivity contribution in [3.05, 3.63) is 29.8 Å². The SMILES string of the molecule is CCCCc1ccc(N2CCNC(CC)C2)cc1. The summed E-state index contributed by atoms with van der Waals surface area (Å²) in [7, 11) is 0. The van der Waals surface area contributed by atoms with Gasteiger partial charge in [-0.25, -0.2) is 0 Å². The van der Waals surface area contributed by atoms with Crippen LogP contribution in [0.4, 0.5) is 5.69 Å². The Kier molecular flexibility index (Phi) is 5.06. The summed E-state index contributed by atoms with van der Waals surface area (Å²) < 4.78 is 0. The van der Waals surface area contributed by atoms with Gasteiger partial charge >= 0.3 is 0 Å².